The third-order valence-electron chi connectivity index (χ3n) is 5.68. The summed E-state index contributed by atoms with van der Waals surface area (Å²) in [5.41, 5.74) is 1.35. The van der Waals surface area contributed by atoms with Crippen molar-refractivity contribution in [3.63, 3.8) is 0 Å². The van der Waals surface area contributed by atoms with E-state index in [1.165, 1.54) is 0 Å². The number of aliphatic hydroxyl groups is 1. The summed E-state index contributed by atoms with van der Waals surface area (Å²) in [6, 6.07) is 17.6. The first kappa shape index (κ1) is 22.9. The normalized spacial score (nSPS) is 21.6. The highest BCUT2D eigenvalue weighted by Gasteiger charge is 2.28. The van der Waals surface area contributed by atoms with Gasteiger partial charge in [-0.1, -0.05) is 54.4 Å². The predicted molar refractivity (Wildman–Crippen MR) is 126 cm³/mol. The van der Waals surface area contributed by atoms with E-state index in [9.17, 15) is 9.90 Å². The average molecular weight is 427 g/mol. The zero-order chi connectivity index (χ0) is 21.8. The van der Waals surface area contributed by atoms with E-state index in [0.717, 1.165) is 42.5 Å². The van der Waals surface area contributed by atoms with Crippen molar-refractivity contribution in [3.05, 3.63) is 65.7 Å². The lowest BCUT2D eigenvalue weighted by Crippen LogP contribution is -2.35. The number of hydrogen-bond acceptors (Lipinski definition) is 4. The van der Waals surface area contributed by atoms with E-state index in [1.54, 1.807) is 18.9 Å². The number of anilines is 1. The molecule has 0 heterocycles. The molecule has 2 aromatic carbocycles. The molecule has 0 aromatic heterocycles. The van der Waals surface area contributed by atoms with Crippen LogP contribution < -0.4 is 10.0 Å². The second kappa shape index (κ2) is 9.54. The van der Waals surface area contributed by atoms with Crippen LogP contribution in [0.2, 0.25) is 0 Å². The van der Waals surface area contributed by atoms with Crippen LogP contribution in [0.1, 0.15) is 64.5 Å². The van der Waals surface area contributed by atoms with E-state index in [-0.39, 0.29) is 16.6 Å². The molecule has 1 aliphatic rings. The van der Waals surface area contributed by atoms with E-state index >= 15 is 0 Å². The van der Waals surface area contributed by atoms with Gasteiger partial charge in [0, 0.05) is 22.4 Å². The highest BCUT2D eigenvalue weighted by atomic mass is 32.2. The summed E-state index contributed by atoms with van der Waals surface area (Å²) in [5.74, 6) is 0.161. The minimum atomic E-state index is -1.07. The zero-order valence-corrected chi connectivity index (χ0v) is 19.3. The first-order valence-electron chi connectivity index (χ1n) is 10.8. The van der Waals surface area contributed by atoms with Crippen LogP contribution in [0.15, 0.2) is 54.6 Å². The van der Waals surface area contributed by atoms with Crippen LogP contribution >= 0.6 is 11.9 Å². The molecule has 1 unspecified atom stereocenters. The van der Waals surface area contributed by atoms with Crippen LogP contribution in [0.4, 0.5) is 5.69 Å². The van der Waals surface area contributed by atoms with E-state index in [4.69, 9.17) is 0 Å². The molecular formula is C25H34N2O2S. The van der Waals surface area contributed by atoms with Crippen molar-refractivity contribution in [2.75, 3.05) is 5.32 Å². The topological polar surface area (TPSA) is 61.4 Å². The van der Waals surface area contributed by atoms with Gasteiger partial charge in [-0.3, -0.25) is 9.52 Å². The van der Waals surface area contributed by atoms with Crippen LogP contribution in [-0.2, 0) is 10.4 Å². The van der Waals surface area contributed by atoms with Crippen LogP contribution in [0.5, 0.6) is 0 Å². The molecule has 1 aliphatic carbocycles. The molecule has 3 N–H and O–H groups in total. The molecule has 0 saturated heterocycles. The maximum Gasteiger partial charge on any atom is 0.227 e. The van der Waals surface area contributed by atoms with Gasteiger partial charge in [0.2, 0.25) is 5.91 Å². The van der Waals surface area contributed by atoms with Crippen molar-refractivity contribution in [3.8, 4) is 0 Å². The number of carbonyl (C=O) groups is 1. The highest BCUT2D eigenvalue weighted by Crippen LogP contribution is 2.31. The summed E-state index contributed by atoms with van der Waals surface area (Å²) < 4.78 is 3.77. The number of carbonyl (C=O) groups excluding carboxylic acids is 1. The fraction of sp³-hybridized carbons (Fsp3) is 0.480. The first-order chi connectivity index (χ1) is 14.1. The van der Waals surface area contributed by atoms with E-state index in [2.05, 4.69) is 30.8 Å². The lowest BCUT2D eigenvalue weighted by atomic mass is 9.86. The molecule has 5 heteroatoms. The van der Waals surface area contributed by atoms with E-state index in [1.807, 2.05) is 54.6 Å². The highest BCUT2D eigenvalue weighted by molar-refractivity contribution is 7.98. The van der Waals surface area contributed by atoms with Gasteiger partial charge >= 0.3 is 0 Å². The Kier molecular flexibility index (Phi) is 7.27. The number of amides is 1. The minimum absolute atomic E-state index is 0.0646. The number of rotatable bonds is 6. The van der Waals surface area contributed by atoms with Gasteiger partial charge in [-0.15, -0.1) is 0 Å². The van der Waals surface area contributed by atoms with Gasteiger partial charge < -0.3 is 10.4 Å². The molecule has 1 amide bonds. The molecule has 162 valence electrons. The van der Waals surface area contributed by atoms with Gasteiger partial charge in [0.15, 0.2) is 0 Å². The van der Waals surface area contributed by atoms with Crippen LogP contribution in [0.3, 0.4) is 0 Å². The summed E-state index contributed by atoms with van der Waals surface area (Å²) in [6.07, 6.45) is 3.88. The summed E-state index contributed by atoms with van der Waals surface area (Å²) in [7, 11) is 0. The van der Waals surface area contributed by atoms with Gasteiger partial charge in [0.1, 0.15) is 5.60 Å². The third-order valence-corrected chi connectivity index (χ3v) is 6.74. The lowest BCUT2D eigenvalue weighted by Gasteiger charge is -2.30. The summed E-state index contributed by atoms with van der Waals surface area (Å²) in [5, 5.41) is 14.0. The van der Waals surface area contributed by atoms with Gasteiger partial charge in [0.25, 0.3) is 0 Å². The van der Waals surface area contributed by atoms with Crippen molar-refractivity contribution < 1.29 is 9.90 Å². The fourth-order valence-corrected chi connectivity index (χ4v) is 4.54. The Morgan fingerprint density at radius 2 is 1.47 bits per heavy atom. The van der Waals surface area contributed by atoms with Crippen molar-refractivity contribution in [2.45, 2.75) is 69.8 Å². The Morgan fingerprint density at radius 1 is 0.900 bits per heavy atom. The Balaban J connectivity index is 1.53. The van der Waals surface area contributed by atoms with Crippen molar-refractivity contribution in [1.82, 2.24) is 4.72 Å². The summed E-state index contributed by atoms with van der Waals surface area (Å²) in [6.45, 7) is 8.40. The van der Waals surface area contributed by atoms with Crippen LogP contribution in [0.25, 0.3) is 0 Å². The van der Waals surface area contributed by atoms with Gasteiger partial charge in [0.05, 0.1) is 0 Å². The van der Waals surface area contributed by atoms with Crippen molar-refractivity contribution in [2.24, 2.45) is 5.92 Å². The maximum absolute atomic E-state index is 12.7. The van der Waals surface area contributed by atoms with Crippen molar-refractivity contribution >= 4 is 23.5 Å². The quantitative estimate of drug-likeness (QED) is 0.536. The fourth-order valence-electron chi connectivity index (χ4n) is 3.79. The molecule has 4 nitrogen and oxygen atoms in total. The van der Waals surface area contributed by atoms with E-state index < -0.39 is 5.60 Å². The maximum atomic E-state index is 12.7. The molecule has 1 atom stereocenters. The van der Waals surface area contributed by atoms with Crippen LogP contribution in [0, 0.1) is 5.92 Å². The Morgan fingerprint density at radius 3 is 2.03 bits per heavy atom. The minimum Gasteiger partial charge on any atom is -0.381 e. The molecule has 0 bridgehead atoms. The van der Waals surface area contributed by atoms with Crippen LogP contribution in [-0.4, -0.2) is 21.8 Å². The summed E-state index contributed by atoms with van der Waals surface area (Å²) in [4.78, 5) is 12.7. The molecule has 0 spiro atoms. The molecule has 1 fully saturated rings. The SMILES string of the molecule is CC(C)(C)SNC1CCC(C(=O)Nc2ccc(C(C)(O)c3ccccc3)cc2)CC1. The largest absolute Gasteiger partial charge is 0.381 e. The molecular weight excluding hydrogens is 392 g/mol. The zero-order valence-electron chi connectivity index (χ0n) is 18.4. The standard InChI is InChI=1S/C25H34N2O2S/c1-24(2,3)30-27-22-14-10-18(11-15-22)23(28)26-21-16-12-20(13-17-21)25(4,29)19-8-6-5-7-9-19/h5-9,12-13,16-18,22,27,29H,10-11,14-15H2,1-4H3,(H,26,28). The predicted octanol–water partition coefficient (Wildman–Crippen LogP) is 5.48. The van der Waals surface area contributed by atoms with Gasteiger partial charge in [-0.25, -0.2) is 0 Å². The van der Waals surface area contributed by atoms with Gasteiger partial charge in [-0.05, 0) is 76.6 Å². The first-order valence-corrected chi connectivity index (χ1v) is 11.6. The molecule has 30 heavy (non-hydrogen) atoms. The number of benzene rings is 2. The smallest absolute Gasteiger partial charge is 0.227 e. The second-order valence-electron chi connectivity index (χ2n) is 9.39. The van der Waals surface area contributed by atoms with Gasteiger partial charge in [-0.2, -0.15) is 0 Å². The number of hydrogen-bond donors (Lipinski definition) is 3. The Labute approximate surface area is 185 Å². The Bertz CT molecular complexity index is 820. The summed E-state index contributed by atoms with van der Waals surface area (Å²) >= 11 is 1.78. The molecule has 3 rings (SSSR count). The molecule has 2 aromatic rings. The number of nitrogens with one attached hydrogen (secondary N) is 2. The second-order valence-corrected chi connectivity index (χ2v) is 11.1. The molecule has 1 saturated carbocycles. The molecule has 0 aliphatic heterocycles. The average Bonchev–Trinajstić information content (AvgIpc) is 2.73. The third kappa shape index (κ3) is 6.10. The van der Waals surface area contributed by atoms with Crippen molar-refractivity contribution in [1.29, 1.82) is 0 Å². The monoisotopic (exact) mass is 426 g/mol. The lowest BCUT2D eigenvalue weighted by molar-refractivity contribution is -0.120. The van der Waals surface area contributed by atoms with E-state index in [0.29, 0.717) is 6.04 Å². The molecule has 0 radical (unpaired) electrons. The Hall–Kier alpha value is -1.82.